The van der Waals surface area contributed by atoms with Gasteiger partial charge >= 0.3 is 5.97 Å². The van der Waals surface area contributed by atoms with E-state index < -0.39 is 5.97 Å². The van der Waals surface area contributed by atoms with Crippen molar-refractivity contribution in [1.82, 2.24) is 10.2 Å². The standard InChI is InChI=1S/C18H16N2O4/c1-2-16-19-20-17(24-16)12-22-18(21)13-7-6-10-15(11-13)23-14-8-4-3-5-9-14/h3-11H,2,12H2,1H3. The van der Waals surface area contributed by atoms with Gasteiger partial charge in [-0.3, -0.25) is 0 Å². The number of benzene rings is 2. The minimum atomic E-state index is -0.482. The summed E-state index contributed by atoms with van der Waals surface area (Å²) in [5.74, 6) is 1.56. The lowest BCUT2D eigenvalue weighted by molar-refractivity contribution is 0.0436. The number of aryl methyl sites for hydroxylation is 1. The number of hydrogen-bond donors (Lipinski definition) is 0. The third-order valence-electron chi connectivity index (χ3n) is 3.19. The molecule has 0 spiro atoms. The molecule has 0 aliphatic rings. The normalized spacial score (nSPS) is 10.4. The van der Waals surface area contributed by atoms with E-state index in [2.05, 4.69) is 10.2 Å². The number of para-hydroxylation sites is 1. The van der Waals surface area contributed by atoms with Gasteiger partial charge in [-0.05, 0) is 30.3 Å². The van der Waals surface area contributed by atoms with Gasteiger partial charge in [0, 0.05) is 6.42 Å². The van der Waals surface area contributed by atoms with Crippen LogP contribution in [-0.4, -0.2) is 16.2 Å². The lowest BCUT2D eigenvalue weighted by atomic mass is 10.2. The van der Waals surface area contributed by atoms with Crippen molar-refractivity contribution < 1.29 is 18.7 Å². The average molecular weight is 324 g/mol. The summed E-state index contributed by atoms with van der Waals surface area (Å²) in [5.41, 5.74) is 0.388. The van der Waals surface area contributed by atoms with E-state index in [0.717, 1.165) is 0 Å². The molecular formula is C18H16N2O4. The van der Waals surface area contributed by atoms with E-state index in [9.17, 15) is 4.79 Å². The van der Waals surface area contributed by atoms with Gasteiger partial charge in [0.05, 0.1) is 5.56 Å². The Labute approximate surface area is 139 Å². The number of hydrogen-bond acceptors (Lipinski definition) is 6. The third kappa shape index (κ3) is 3.98. The maximum atomic E-state index is 12.1. The average Bonchev–Trinajstić information content (AvgIpc) is 3.09. The maximum absolute atomic E-state index is 12.1. The summed E-state index contributed by atoms with van der Waals surface area (Å²) in [6, 6.07) is 16.1. The molecular weight excluding hydrogens is 308 g/mol. The zero-order valence-electron chi connectivity index (χ0n) is 13.1. The Hall–Kier alpha value is -3.15. The second-order valence-electron chi connectivity index (χ2n) is 4.96. The molecule has 0 aliphatic carbocycles. The summed E-state index contributed by atoms with van der Waals surface area (Å²) in [7, 11) is 0. The van der Waals surface area contributed by atoms with Gasteiger partial charge in [-0.1, -0.05) is 31.2 Å². The van der Waals surface area contributed by atoms with E-state index in [1.165, 1.54) is 0 Å². The Morgan fingerprint density at radius 1 is 1.00 bits per heavy atom. The van der Waals surface area contributed by atoms with Gasteiger partial charge in [-0.25, -0.2) is 4.79 Å². The molecule has 0 aliphatic heterocycles. The third-order valence-corrected chi connectivity index (χ3v) is 3.19. The molecule has 1 heterocycles. The number of ether oxygens (including phenoxy) is 2. The number of aromatic nitrogens is 2. The number of carbonyl (C=O) groups excluding carboxylic acids is 1. The predicted molar refractivity (Wildman–Crippen MR) is 85.8 cm³/mol. The maximum Gasteiger partial charge on any atom is 0.338 e. The number of rotatable bonds is 6. The van der Waals surface area contributed by atoms with Crippen LogP contribution in [0.5, 0.6) is 11.5 Å². The number of carbonyl (C=O) groups is 1. The molecule has 0 N–H and O–H groups in total. The zero-order chi connectivity index (χ0) is 16.8. The van der Waals surface area contributed by atoms with Crippen molar-refractivity contribution >= 4 is 5.97 Å². The Kier molecular flexibility index (Phi) is 4.86. The van der Waals surface area contributed by atoms with Gasteiger partial charge in [0.25, 0.3) is 5.89 Å². The van der Waals surface area contributed by atoms with Crippen molar-refractivity contribution in [3.63, 3.8) is 0 Å². The van der Waals surface area contributed by atoms with E-state index in [1.807, 2.05) is 37.3 Å². The summed E-state index contributed by atoms with van der Waals surface area (Å²) in [4.78, 5) is 12.1. The summed E-state index contributed by atoms with van der Waals surface area (Å²) in [6.07, 6.45) is 0.639. The molecule has 122 valence electrons. The van der Waals surface area contributed by atoms with Gasteiger partial charge < -0.3 is 13.9 Å². The Morgan fingerprint density at radius 2 is 1.75 bits per heavy atom. The molecule has 6 nitrogen and oxygen atoms in total. The molecule has 6 heteroatoms. The monoisotopic (exact) mass is 324 g/mol. The molecule has 2 aromatic carbocycles. The molecule has 0 atom stereocenters. The molecule has 0 fully saturated rings. The molecule has 0 radical (unpaired) electrons. The highest BCUT2D eigenvalue weighted by Gasteiger charge is 2.12. The fraction of sp³-hybridized carbons (Fsp3) is 0.167. The van der Waals surface area contributed by atoms with Crippen LogP contribution in [-0.2, 0) is 17.8 Å². The van der Waals surface area contributed by atoms with Crippen molar-refractivity contribution in [3.8, 4) is 11.5 Å². The SMILES string of the molecule is CCc1nnc(COC(=O)c2cccc(Oc3ccccc3)c2)o1. The molecule has 0 bridgehead atoms. The Bertz CT molecular complexity index is 815. The fourth-order valence-electron chi connectivity index (χ4n) is 2.01. The van der Waals surface area contributed by atoms with Gasteiger partial charge in [0.2, 0.25) is 5.89 Å². The molecule has 24 heavy (non-hydrogen) atoms. The van der Waals surface area contributed by atoms with E-state index >= 15 is 0 Å². The van der Waals surface area contributed by atoms with Crippen LogP contribution in [0.3, 0.4) is 0 Å². The number of nitrogens with zero attached hydrogens (tertiary/aromatic N) is 2. The lowest BCUT2D eigenvalue weighted by Crippen LogP contribution is -2.05. The minimum Gasteiger partial charge on any atom is -0.457 e. The second kappa shape index (κ2) is 7.41. The fourth-order valence-corrected chi connectivity index (χ4v) is 2.01. The lowest BCUT2D eigenvalue weighted by Gasteiger charge is -2.07. The van der Waals surface area contributed by atoms with Crippen LogP contribution in [0.1, 0.15) is 29.1 Å². The molecule has 3 rings (SSSR count). The highest BCUT2D eigenvalue weighted by atomic mass is 16.5. The van der Waals surface area contributed by atoms with Crippen molar-refractivity contribution in [2.75, 3.05) is 0 Å². The Morgan fingerprint density at radius 3 is 2.50 bits per heavy atom. The van der Waals surface area contributed by atoms with Gasteiger partial charge in [0.1, 0.15) is 11.5 Å². The quantitative estimate of drug-likeness (QED) is 0.642. The van der Waals surface area contributed by atoms with E-state index in [1.54, 1.807) is 24.3 Å². The first-order chi connectivity index (χ1) is 11.7. The van der Waals surface area contributed by atoms with Crippen LogP contribution < -0.4 is 4.74 Å². The number of esters is 1. The molecule has 0 amide bonds. The molecule has 0 unspecified atom stereocenters. The van der Waals surface area contributed by atoms with Crippen LogP contribution in [0.4, 0.5) is 0 Å². The second-order valence-corrected chi connectivity index (χ2v) is 4.96. The summed E-state index contributed by atoms with van der Waals surface area (Å²) in [6.45, 7) is 1.84. The minimum absolute atomic E-state index is 0.0599. The molecule has 1 aromatic heterocycles. The van der Waals surface area contributed by atoms with Crippen LogP contribution in [0, 0.1) is 0 Å². The van der Waals surface area contributed by atoms with Crippen molar-refractivity contribution in [3.05, 3.63) is 71.9 Å². The van der Waals surface area contributed by atoms with Crippen LogP contribution in [0.15, 0.2) is 59.0 Å². The van der Waals surface area contributed by atoms with Crippen LogP contribution in [0.25, 0.3) is 0 Å². The molecule has 0 saturated carbocycles. The van der Waals surface area contributed by atoms with Crippen molar-refractivity contribution in [1.29, 1.82) is 0 Å². The highest BCUT2D eigenvalue weighted by Crippen LogP contribution is 2.22. The summed E-state index contributed by atoms with van der Waals surface area (Å²) >= 11 is 0. The van der Waals surface area contributed by atoms with Gasteiger partial charge in [0.15, 0.2) is 6.61 Å². The van der Waals surface area contributed by atoms with Gasteiger partial charge in [-0.15, -0.1) is 10.2 Å². The first-order valence-electron chi connectivity index (χ1n) is 7.56. The molecule has 3 aromatic rings. The van der Waals surface area contributed by atoms with Crippen molar-refractivity contribution in [2.24, 2.45) is 0 Å². The van der Waals surface area contributed by atoms with Crippen molar-refractivity contribution in [2.45, 2.75) is 20.0 Å². The Balaban J connectivity index is 1.63. The topological polar surface area (TPSA) is 74.5 Å². The van der Waals surface area contributed by atoms with Crippen LogP contribution in [0.2, 0.25) is 0 Å². The molecule has 0 saturated heterocycles. The smallest absolute Gasteiger partial charge is 0.338 e. The van der Waals surface area contributed by atoms with Crippen LogP contribution >= 0.6 is 0 Å². The van der Waals surface area contributed by atoms with E-state index in [-0.39, 0.29) is 12.5 Å². The first-order valence-corrected chi connectivity index (χ1v) is 7.56. The summed E-state index contributed by atoms with van der Waals surface area (Å²) in [5, 5.41) is 7.63. The van der Waals surface area contributed by atoms with E-state index in [4.69, 9.17) is 13.9 Å². The summed E-state index contributed by atoms with van der Waals surface area (Å²) < 4.78 is 16.2. The predicted octanol–water partition coefficient (Wildman–Crippen LogP) is 3.78. The van der Waals surface area contributed by atoms with E-state index in [0.29, 0.717) is 29.4 Å². The zero-order valence-corrected chi connectivity index (χ0v) is 13.1. The first kappa shape index (κ1) is 15.7. The largest absolute Gasteiger partial charge is 0.457 e. The highest BCUT2D eigenvalue weighted by molar-refractivity contribution is 5.89. The van der Waals surface area contributed by atoms with Gasteiger partial charge in [-0.2, -0.15) is 0 Å².